The molecule has 2 aliphatic rings. The minimum Gasteiger partial charge on any atom is -0.364 e. The minimum atomic E-state index is -0.139. The highest BCUT2D eigenvalue weighted by Gasteiger charge is 2.41. The number of pyridine rings is 1. The van der Waals surface area contributed by atoms with Gasteiger partial charge in [-0.15, -0.1) is 0 Å². The van der Waals surface area contributed by atoms with Crippen molar-refractivity contribution < 1.29 is 4.74 Å². The van der Waals surface area contributed by atoms with Crippen LogP contribution in [0.1, 0.15) is 24.0 Å². The van der Waals surface area contributed by atoms with Gasteiger partial charge in [0.1, 0.15) is 10.8 Å². The molecule has 0 aromatic carbocycles. The van der Waals surface area contributed by atoms with Crippen LogP contribution in [0.4, 0.5) is 0 Å². The average molecular weight is 225 g/mol. The first-order chi connectivity index (χ1) is 7.32. The SMILES string of the molecule is Clc1nccc2c1COC21CCCNC1. The Morgan fingerprint density at radius 3 is 3.27 bits per heavy atom. The molecule has 0 bridgehead atoms. The van der Waals surface area contributed by atoms with Gasteiger partial charge in [0.2, 0.25) is 0 Å². The summed E-state index contributed by atoms with van der Waals surface area (Å²) < 4.78 is 5.95. The molecule has 1 atom stereocenters. The molecular formula is C11H13ClN2O. The summed E-state index contributed by atoms with van der Waals surface area (Å²) in [6.45, 7) is 2.57. The zero-order valence-corrected chi connectivity index (χ0v) is 9.18. The summed E-state index contributed by atoms with van der Waals surface area (Å²) in [6.07, 6.45) is 4.00. The number of fused-ring (bicyclic) bond motifs is 2. The molecule has 0 radical (unpaired) electrons. The fraction of sp³-hybridized carbons (Fsp3) is 0.545. The molecule has 4 heteroatoms. The monoisotopic (exact) mass is 224 g/mol. The van der Waals surface area contributed by atoms with Crippen molar-refractivity contribution in [2.24, 2.45) is 0 Å². The summed E-state index contributed by atoms with van der Waals surface area (Å²) in [4.78, 5) is 4.09. The van der Waals surface area contributed by atoms with E-state index in [0.29, 0.717) is 11.8 Å². The van der Waals surface area contributed by atoms with Crippen LogP contribution in [0.2, 0.25) is 5.15 Å². The van der Waals surface area contributed by atoms with Crippen molar-refractivity contribution in [3.63, 3.8) is 0 Å². The van der Waals surface area contributed by atoms with Crippen LogP contribution in [0.25, 0.3) is 0 Å². The number of rotatable bonds is 0. The van der Waals surface area contributed by atoms with Crippen molar-refractivity contribution >= 4 is 11.6 Å². The largest absolute Gasteiger partial charge is 0.364 e. The van der Waals surface area contributed by atoms with Crippen LogP contribution in [0, 0.1) is 0 Å². The molecule has 3 rings (SSSR count). The van der Waals surface area contributed by atoms with Gasteiger partial charge in [-0.2, -0.15) is 0 Å². The summed E-state index contributed by atoms with van der Waals surface area (Å²) in [5.74, 6) is 0. The lowest BCUT2D eigenvalue weighted by atomic mass is 9.87. The standard InChI is InChI=1S/C11H13ClN2O/c12-10-8-6-15-11(3-1-4-13-7-11)9(8)2-5-14-10/h2,5,13H,1,3-4,6-7H2. The van der Waals surface area contributed by atoms with E-state index in [1.165, 1.54) is 5.56 Å². The van der Waals surface area contributed by atoms with E-state index < -0.39 is 0 Å². The second-order valence-electron chi connectivity index (χ2n) is 4.19. The van der Waals surface area contributed by atoms with Crippen LogP contribution in [-0.4, -0.2) is 18.1 Å². The Hall–Kier alpha value is -0.640. The van der Waals surface area contributed by atoms with Crippen LogP contribution >= 0.6 is 11.6 Å². The zero-order valence-electron chi connectivity index (χ0n) is 8.42. The Morgan fingerprint density at radius 2 is 2.47 bits per heavy atom. The smallest absolute Gasteiger partial charge is 0.134 e. The molecule has 0 amide bonds. The lowest BCUT2D eigenvalue weighted by Crippen LogP contribution is -2.43. The first-order valence-electron chi connectivity index (χ1n) is 5.30. The maximum absolute atomic E-state index is 6.06. The summed E-state index contributed by atoms with van der Waals surface area (Å²) in [7, 11) is 0. The summed E-state index contributed by atoms with van der Waals surface area (Å²) in [5.41, 5.74) is 2.16. The molecule has 1 fully saturated rings. The number of hydrogen-bond acceptors (Lipinski definition) is 3. The Morgan fingerprint density at radius 1 is 1.53 bits per heavy atom. The average Bonchev–Trinajstić information content (AvgIpc) is 2.61. The molecule has 3 nitrogen and oxygen atoms in total. The third-order valence-electron chi connectivity index (χ3n) is 3.33. The predicted molar refractivity (Wildman–Crippen MR) is 57.8 cm³/mol. The zero-order chi connectivity index (χ0) is 10.3. The van der Waals surface area contributed by atoms with E-state index in [2.05, 4.69) is 10.3 Å². The van der Waals surface area contributed by atoms with Gasteiger partial charge in [0.25, 0.3) is 0 Å². The molecule has 1 N–H and O–H groups in total. The van der Waals surface area contributed by atoms with Gasteiger partial charge < -0.3 is 10.1 Å². The molecule has 0 aliphatic carbocycles. The normalized spacial score (nSPS) is 29.4. The molecule has 0 saturated carbocycles. The van der Waals surface area contributed by atoms with Gasteiger partial charge in [0.15, 0.2) is 0 Å². The van der Waals surface area contributed by atoms with E-state index >= 15 is 0 Å². The number of piperidine rings is 1. The van der Waals surface area contributed by atoms with Gasteiger partial charge >= 0.3 is 0 Å². The Balaban J connectivity index is 2.06. The number of halogens is 1. The van der Waals surface area contributed by atoms with Gasteiger partial charge in [0.05, 0.1) is 6.61 Å². The molecule has 1 saturated heterocycles. The highest BCUT2D eigenvalue weighted by Crippen LogP contribution is 2.42. The topological polar surface area (TPSA) is 34.1 Å². The molecule has 15 heavy (non-hydrogen) atoms. The van der Waals surface area contributed by atoms with Crippen molar-refractivity contribution in [3.05, 3.63) is 28.5 Å². The van der Waals surface area contributed by atoms with Crippen molar-refractivity contribution in [2.75, 3.05) is 13.1 Å². The lowest BCUT2D eigenvalue weighted by Gasteiger charge is -2.33. The Kier molecular flexibility index (Phi) is 2.20. The van der Waals surface area contributed by atoms with Crippen LogP contribution in [0.3, 0.4) is 0 Å². The predicted octanol–water partition coefficient (Wildman–Crippen LogP) is 1.84. The summed E-state index contributed by atoms with van der Waals surface area (Å²) in [5, 5.41) is 3.98. The second kappa shape index (κ2) is 3.44. The van der Waals surface area contributed by atoms with Crippen molar-refractivity contribution in [1.29, 1.82) is 0 Å². The van der Waals surface area contributed by atoms with Crippen LogP contribution in [0.15, 0.2) is 12.3 Å². The summed E-state index contributed by atoms with van der Waals surface area (Å²) in [6, 6.07) is 2.04. The van der Waals surface area contributed by atoms with Gasteiger partial charge in [0, 0.05) is 18.3 Å². The molecule has 1 aromatic rings. The summed E-state index contributed by atoms with van der Waals surface area (Å²) >= 11 is 6.06. The third kappa shape index (κ3) is 1.38. The maximum atomic E-state index is 6.06. The first-order valence-corrected chi connectivity index (χ1v) is 5.68. The van der Waals surface area contributed by atoms with E-state index in [0.717, 1.165) is 31.5 Å². The minimum absolute atomic E-state index is 0.139. The number of nitrogens with zero attached hydrogens (tertiary/aromatic N) is 1. The Bertz CT molecular complexity index is 388. The van der Waals surface area contributed by atoms with E-state index in [1.54, 1.807) is 6.20 Å². The number of aromatic nitrogens is 1. The number of ether oxygens (including phenoxy) is 1. The van der Waals surface area contributed by atoms with Gasteiger partial charge in [-0.05, 0) is 31.0 Å². The van der Waals surface area contributed by atoms with Gasteiger partial charge in [-0.1, -0.05) is 11.6 Å². The molecule has 1 unspecified atom stereocenters. The van der Waals surface area contributed by atoms with Crippen molar-refractivity contribution in [1.82, 2.24) is 10.3 Å². The van der Waals surface area contributed by atoms with Crippen molar-refractivity contribution in [2.45, 2.75) is 25.0 Å². The van der Waals surface area contributed by atoms with E-state index in [9.17, 15) is 0 Å². The fourth-order valence-electron chi connectivity index (χ4n) is 2.55. The molecular weight excluding hydrogens is 212 g/mol. The molecule has 80 valence electrons. The molecule has 2 aliphatic heterocycles. The van der Waals surface area contributed by atoms with E-state index in [4.69, 9.17) is 16.3 Å². The first kappa shape index (κ1) is 9.58. The molecule has 3 heterocycles. The van der Waals surface area contributed by atoms with E-state index in [1.807, 2.05) is 6.07 Å². The molecule has 1 aromatic heterocycles. The van der Waals surface area contributed by atoms with Gasteiger partial charge in [-0.25, -0.2) is 4.98 Å². The number of hydrogen-bond donors (Lipinski definition) is 1. The lowest BCUT2D eigenvalue weighted by molar-refractivity contribution is -0.0536. The quantitative estimate of drug-likeness (QED) is 0.683. The highest BCUT2D eigenvalue weighted by molar-refractivity contribution is 6.30. The highest BCUT2D eigenvalue weighted by atomic mass is 35.5. The van der Waals surface area contributed by atoms with Gasteiger partial charge in [-0.3, -0.25) is 0 Å². The third-order valence-corrected chi connectivity index (χ3v) is 3.66. The van der Waals surface area contributed by atoms with Crippen LogP contribution < -0.4 is 5.32 Å². The molecule has 1 spiro atoms. The van der Waals surface area contributed by atoms with Crippen molar-refractivity contribution in [3.8, 4) is 0 Å². The van der Waals surface area contributed by atoms with E-state index in [-0.39, 0.29) is 5.60 Å². The fourth-order valence-corrected chi connectivity index (χ4v) is 2.76. The number of nitrogens with one attached hydrogen (secondary N) is 1. The maximum Gasteiger partial charge on any atom is 0.134 e. The Labute approximate surface area is 93.8 Å². The second-order valence-corrected chi connectivity index (χ2v) is 4.55. The van der Waals surface area contributed by atoms with Crippen LogP contribution in [-0.2, 0) is 16.9 Å². The van der Waals surface area contributed by atoms with Crippen LogP contribution in [0.5, 0.6) is 0 Å².